The summed E-state index contributed by atoms with van der Waals surface area (Å²) in [5, 5.41) is 6.30. The second-order valence-electron chi connectivity index (χ2n) is 5.28. The summed E-state index contributed by atoms with van der Waals surface area (Å²) in [6.07, 6.45) is 1.08. The van der Waals surface area contributed by atoms with Gasteiger partial charge < -0.3 is 15.4 Å². The number of hydrogen-bond acceptors (Lipinski definition) is 2. The second-order valence-corrected chi connectivity index (χ2v) is 5.28. The number of halogens is 2. The first kappa shape index (κ1) is 21.1. The Bertz CT molecular complexity index is 441. The molecule has 0 saturated carbocycles. The summed E-state index contributed by atoms with van der Waals surface area (Å²) in [6.45, 7) is 7.02. The van der Waals surface area contributed by atoms with Crippen LogP contribution in [0, 0.1) is 11.7 Å². The van der Waals surface area contributed by atoms with Gasteiger partial charge in [0.15, 0.2) is 5.96 Å². The van der Waals surface area contributed by atoms with Crippen molar-refractivity contribution < 1.29 is 9.13 Å². The third kappa shape index (κ3) is 9.94. The average molecular weight is 423 g/mol. The third-order valence-electron chi connectivity index (χ3n) is 2.95. The molecule has 0 aromatic heterocycles. The number of aliphatic imine (C=N–C) groups is 1. The van der Waals surface area contributed by atoms with Crippen LogP contribution in [0.2, 0.25) is 0 Å². The highest BCUT2D eigenvalue weighted by Crippen LogP contribution is 2.02. The van der Waals surface area contributed by atoms with Gasteiger partial charge in [0, 0.05) is 26.7 Å². The average Bonchev–Trinajstić information content (AvgIpc) is 2.45. The van der Waals surface area contributed by atoms with Crippen molar-refractivity contribution in [1.82, 2.24) is 10.6 Å². The van der Waals surface area contributed by atoms with Gasteiger partial charge in [-0.3, -0.25) is 4.99 Å². The van der Waals surface area contributed by atoms with E-state index in [1.165, 1.54) is 12.1 Å². The van der Waals surface area contributed by atoms with E-state index in [1.807, 2.05) is 6.07 Å². The largest absolute Gasteiger partial charge is 0.380 e. The van der Waals surface area contributed by atoms with Gasteiger partial charge in [0.2, 0.25) is 0 Å². The molecule has 0 spiro atoms. The lowest BCUT2D eigenvalue weighted by Crippen LogP contribution is -2.38. The number of benzene rings is 1. The predicted molar refractivity (Wildman–Crippen MR) is 100 cm³/mol. The van der Waals surface area contributed by atoms with Crippen molar-refractivity contribution in [2.75, 3.05) is 26.8 Å². The van der Waals surface area contributed by atoms with E-state index < -0.39 is 0 Å². The van der Waals surface area contributed by atoms with Gasteiger partial charge in [-0.1, -0.05) is 26.0 Å². The number of rotatable bonds is 8. The molecule has 1 rings (SSSR count). The lowest BCUT2D eigenvalue weighted by atomic mass is 10.1. The van der Waals surface area contributed by atoms with Gasteiger partial charge in [0.05, 0.1) is 6.61 Å². The smallest absolute Gasteiger partial charge is 0.191 e. The molecule has 1 aromatic rings. The number of ether oxygens (including phenoxy) is 1. The molecule has 0 unspecified atom stereocenters. The zero-order valence-corrected chi connectivity index (χ0v) is 15.9. The van der Waals surface area contributed by atoms with E-state index in [0.29, 0.717) is 31.6 Å². The van der Waals surface area contributed by atoms with Crippen LogP contribution in [0.25, 0.3) is 0 Å². The summed E-state index contributed by atoms with van der Waals surface area (Å²) in [7, 11) is 1.71. The van der Waals surface area contributed by atoms with E-state index >= 15 is 0 Å². The molecule has 0 aliphatic rings. The quantitative estimate of drug-likeness (QED) is 0.292. The summed E-state index contributed by atoms with van der Waals surface area (Å²) in [5.41, 5.74) is 0.881. The Balaban J connectivity index is 0.00000441. The molecule has 0 bridgehead atoms. The summed E-state index contributed by atoms with van der Waals surface area (Å²) < 4.78 is 18.6. The number of guanidine groups is 1. The molecule has 0 amide bonds. The van der Waals surface area contributed by atoms with Crippen LogP contribution in [0.3, 0.4) is 0 Å². The molecule has 0 heterocycles. The van der Waals surface area contributed by atoms with Crippen LogP contribution in [0.5, 0.6) is 0 Å². The molecule has 6 heteroatoms. The first-order valence-corrected chi connectivity index (χ1v) is 7.38. The van der Waals surface area contributed by atoms with Crippen LogP contribution in [-0.4, -0.2) is 32.8 Å². The van der Waals surface area contributed by atoms with Crippen LogP contribution in [0.4, 0.5) is 4.39 Å². The monoisotopic (exact) mass is 423 g/mol. The van der Waals surface area contributed by atoms with E-state index in [1.54, 1.807) is 13.1 Å². The third-order valence-corrected chi connectivity index (χ3v) is 2.95. The summed E-state index contributed by atoms with van der Waals surface area (Å²) in [4.78, 5) is 4.12. The summed E-state index contributed by atoms with van der Waals surface area (Å²) in [5.74, 6) is 1.13. The first-order valence-electron chi connectivity index (χ1n) is 7.38. The van der Waals surface area contributed by atoms with Crippen LogP contribution < -0.4 is 10.6 Å². The van der Waals surface area contributed by atoms with Crippen molar-refractivity contribution >= 4 is 29.9 Å². The van der Waals surface area contributed by atoms with Crippen LogP contribution in [-0.2, 0) is 11.3 Å². The molecule has 22 heavy (non-hydrogen) atoms. The maximum absolute atomic E-state index is 13.1. The Morgan fingerprint density at radius 3 is 2.68 bits per heavy atom. The molecule has 0 atom stereocenters. The van der Waals surface area contributed by atoms with E-state index in [2.05, 4.69) is 29.5 Å². The lowest BCUT2D eigenvalue weighted by Gasteiger charge is -2.12. The van der Waals surface area contributed by atoms with Gasteiger partial charge in [-0.05, 0) is 30.0 Å². The molecule has 126 valence electrons. The standard InChI is InChI=1S/C16H26FN3O.HI/c1-13(2)7-9-21-10-8-19-16(18-3)20-12-14-5-4-6-15(17)11-14;/h4-6,11,13H,7-10,12H2,1-3H3,(H2,18,19,20);1H. The Kier molecular flexibility index (Phi) is 12.1. The Morgan fingerprint density at radius 1 is 1.27 bits per heavy atom. The van der Waals surface area contributed by atoms with E-state index in [-0.39, 0.29) is 29.8 Å². The molecular weight excluding hydrogens is 396 g/mol. The van der Waals surface area contributed by atoms with Crippen LogP contribution >= 0.6 is 24.0 Å². The molecule has 0 fully saturated rings. The molecule has 0 saturated heterocycles. The fraction of sp³-hybridized carbons (Fsp3) is 0.562. The number of hydrogen-bond donors (Lipinski definition) is 2. The minimum atomic E-state index is -0.226. The number of nitrogens with zero attached hydrogens (tertiary/aromatic N) is 1. The van der Waals surface area contributed by atoms with Crippen LogP contribution in [0.1, 0.15) is 25.8 Å². The maximum atomic E-state index is 13.1. The van der Waals surface area contributed by atoms with Crippen LogP contribution in [0.15, 0.2) is 29.3 Å². The maximum Gasteiger partial charge on any atom is 0.191 e. The SMILES string of the molecule is CN=C(NCCOCCC(C)C)NCc1cccc(F)c1.I. The highest BCUT2D eigenvalue weighted by Gasteiger charge is 1.99. The van der Waals surface area contributed by atoms with Crippen molar-refractivity contribution in [3.05, 3.63) is 35.6 Å². The van der Waals surface area contributed by atoms with Gasteiger partial charge in [-0.25, -0.2) is 4.39 Å². The van der Waals surface area contributed by atoms with E-state index in [0.717, 1.165) is 18.6 Å². The summed E-state index contributed by atoms with van der Waals surface area (Å²) in [6, 6.07) is 6.52. The molecule has 1 aromatic carbocycles. The van der Waals surface area contributed by atoms with Crippen molar-refractivity contribution in [2.24, 2.45) is 10.9 Å². The van der Waals surface area contributed by atoms with Gasteiger partial charge in [-0.2, -0.15) is 0 Å². The zero-order chi connectivity index (χ0) is 15.5. The molecule has 0 aliphatic heterocycles. The molecule has 4 nitrogen and oxygen atoms in total. The Hall–Kier alpha value is -0.890. The molecule has 0 aliphatic carbocycles. The second kappa shape index (κ2) is 12.6. The van der Waals surface area contributed by atoms with Gasteiger partial charge in [0.25, 0.3) is 0 Å². The minimum absolute atomic E-state index is 0. The van der Waals surface area contributed by atoms with Crippen molar-refractivity contribution in [3.63, 3.8) is 0 Å². The molecule has 0 radical (unpaired) electrons. The van der Waals surface area contributed by atoms with Gasteiger partial charge >= 0.3 is 0 Å². The topological polar surface area (TPSA) is 45.7 Å². The van der Waals surface area contributed by atoms with E-state index in [4.69, 9.17) is 4.74 Å². The first-order chi connectivity index (χ1) is 10.1. The highest BCUT2D eigenvalue weighted by atomic mass is 127. The number of nitrogens with one attached hydrogen (secondary N) is 2. The van der Waals surface area contributed by atoms with E-state index in [9.17, 15) is 4.39 Å². The highest BCUT2D eigenvalue weighted by molar-refractivity contribution is 14.0. The summed E-state index contributed by atoms with van der Waals surface area (Å²) >= 11 is 0. The normalized spacial score (nSPS) is 11.2. The Morgan fingerprint density at radius 2 is 2.05 bits per heavy atom. The molecular formula is C16H27FIN3O. The Labute approximate surface area is 149 Å². The molecule has 2 N–H and O–H groups in total. The predicted octanol–water partition coefficient (Wildman–Crippen LogP) is 3.17. The zero-order valence-electron chi connectivity index (χ0n) is 13.6. The fourth-order valence-electron chi connectivity index (χ4n) is 1.72. The van der Waals surface area contributed by atoms with Crippen molar-refractivity contribution in [3.8, 4) is 0 Å². The van der Waals surface area contributed by atoms with Crippen molar-refractivity contribution in [2.45, 2.75) is 26.8 Å². The fourth-order valence-corrected chi connectivity index (χ4v) is 1.72. The van der Waals surface area contributed by atoms with Crippen molar-refractivity contribution in [1.29, 1.82) is 0 Å². The van der Waals surface area contributed by atoms with Gasteiger partial charge in [-0.15, -0.1) is 24.0 Å². The minimum Gasteiger partial charge on any atom is -0.380 e. The van der Waals surface area contributed by atoms with Gasteiger partial charge in [0.1, 0.15) is 5.82 Å². The lowest BCUT2D eigenvalue weighted by molar-refractivity contribution is 0.128.